The highest BCUT2D eigenvalue weighted by atomic mass is 32.2. The van der Waals surface area contributed by atoms with Gasteiger partial charge in [-0.2, -0.15) is 0 Å². The molecule has 0 saturated heterocycles. The van der Waals surface area contributed by atoms with E-state index in [9.17, 15) is 13.2 Å². The Kier molecular flexibility index (Phi) is 5.65. The number of hydrogen-bond donors (Lipinski definition) is 0. The van der Waals surface area contributed by atoms with Crippen molar-refractivity contribution < 1.29 is 13.2 Å². The van der Waals surface area contributed by atoms with Gasteiger partial charge in [-0.3, -0.25) is 4.79 Å². The van der Waals surface area contributed by atoms with E-state index in [-0.39, 0.29) is 16.1 Å². The Labute approximate surface area is 165 Å². The number of sulfonamides is 1. The van der Waals surface area contributed by atoms with Crippen LogP contribution >= 0.6 is 11.8 Å². The van der Waals surface area contributed by atoms with Gasteiger partial charge < -0.3 is 4.90 Å². The van der Waals surface area contributed by atoms with Crippen molar-refractivity contribution in [2.24, 2.45) is 0 Å². The van der Waals surface area contributed by atoms with E-state index in [2.05, 4.69) is 0 Å². The molecule has 0 fully saturated rings. The van der Waals surface area contributed by atoms with Crippen LogP contribution in [0.15, 0.2) is 52.3 Å². The minimum Gasteiger partial charge on any atom is -0.311 e. The lowest BCUT2D eigenvalue weighted by Gasteiger charge is -2.22. The fraction of sp³-hybridized carbons (Fsp3) is 0.350. The molecule has 0 unspecified atom stereocenters. The van der Waals surface area contributed by atoms with Crippen LogP contribution in [0.25, 0.3) is 0 Å². The van der Waals surface area contributed by atoms with Crippen LogP contribution in [0.1, 0.15) is 18.1 Å². The molecular weight excluding hydrogens is 380 g/mol. The van der Waals surface area contributed by atoms with Crippen molar-refractivity contribution in [2.45, 2.75) is 35.3 Å². The number of carbonyl (C=O) groups is 1. The highest BCUT2D eigenvalue weighted by Crippen LogP contribution is 2.33. The van der Waals surface area contributed by atoms with E-state index in [1.165, 1.54) is 35.7 Å². The summed E-state index contributed by atoms with van der Waals surface area (Å²) in [5.41, 5.74) is 2.91. The highest BCUT2D eigenvalue weighted by molar-refractivity contribution is 8.00. The Morgan fingerprint density at radius 2 is 1.81 bits per heavy atom. The molecule has 1 aliphatic heterocycles. The van der Waals surface area contributed by atoms with Gasteiger partial charge in [-0.1, -0.05) is 17.7 Å². The number of hydrogen-bond acceptors (Lipinski definition) is 4. The van der Waals surface area contributed by atoms with Crippen LogP contribution in [0.3, 0.4) is 0 Å². The number of rotatable bonds is 5. The molecule has 144 valence electrons. The molecule has 3 rings (SSSR count). The molecule has 0 spiro atoms. The Bertz CT molecular complexity index is 954. The summed E-state index contributed by atoms with van der Waals surface area (Å²) in [5.74, 6) is 0.0440. The number of thioether (sulfide) groups is 1. The standard InChI is InChI=1S/C20H24N2O3S2/c1-14-5-7-17(8-6-14)26-15(2)20(23)22-12-11-16-13-18(9-10-19(16)22)27(24,25)21(3)4/h5-10,13,15H,11-12H2,1-4H3/t15-/m0/s1. The lowest BCUT2D eigenvalue weighted by molar-refractivity contribution is -0.117. The van der Waals surface area contributed by atoms with Crippen LogP contribution < -0.4 is 4.90 Å². The maximum Gasteiger partial charge on any atom is 0.242 e. The van der Waals surface area contributed by atoms with Gasteiger partial charge in [0.25, 0.3) is 0 Å². The first-order valence-corrected chi connectivity index (χ1v) is 11.1. The average Bonchev–Trinajstić information content (AvgIpc) is 3.06. The second-order valence-corrected chi connectivity index (χ2v) is 10.5. The minimum atomic E-state index is -3.47. The van der Waals surface area contributed by atoms with Crippen molar-refractivity contribution in [1.82, 2.24) is 4.31 Å². The monoisotopic (exact) mass is 404 g/mol. The number of nitrogens with zero attached hydrogens (tertiary/aromatic N) is 2. The molecule has 0 bridgehead atoms. The van der Waals surface area contributed by atoms with Gasteiger partial charge >= 0.3 is 0 Å². The molecule has 0 N–H and O–H groups in total. The third-order valence-corrected chi connectivity index (χ3v) is 7.58. The van der Waals surface area contributed by atoms with Gasteiger partial charge in [-0.05, 0) is 56.2 Å². The third-order valence-electron chi connectivity index (χ3n) is 4.67. The van der Waals surface area contributed by atoms with E-state index in [0.29, 0.717) is 13.0 Å². The van der Waals surface area contributed by atoms with E-state index >= 15 is 0 Å². The zero-order valence-electron chi connectivity index (χ0n) is 16.0. The molecule has 0 aromatic heterocycles. The zero-order valence-corrected chi connectivity index (χ0v) is 17.6. The summed E-state index contributed by atoms with van der Waals surface area (Å²) in [6.07, 6.45) is 0.666. The fourth-order valence-electron chi connectivity index (χ4n) is 3.07. The summed E-state index contributed by atoms with van der Waals surface area (Å²) in [7, 11) is -0.439. The Morgan fingerprint density at radius 1 is 1.15 bits per heavy atom. The summed E-state index contributed by atoms with van der Waals surface area (Å²) in [4.78, 5) is 16.0. The summed E-state index contributed by atoms with van der Waals surface area (Å²) < 4.78 is 25.9. The van der Waals surface area contributed by atoms with Gasteiger partial charge in [0.05, 0.1) is 10.1 Å². The molecule has 0 radical (unpaired) electrons. The SMILES string of the molecule is Cc1ccc(S[C@@H](C)C(=O)N2CCc3cc(S(=O)(=O)N(C)C)ccc32)cc1. The number of carbonyl (C=O) groups excluding carboxylic acids is 1. The largest absolute Gasteiger partial charge is 0.311 e. The first kappa shape index (κ1) is 19.9. The predicted molar refractivity (Wildman–Crippen MR) is 110 cm³/mol. The zero-order chi connectivity index (χ0) is 19.8. The smallest absolute Gasteiger partial charge is 0.242 e. The van der Waals surface area contributed by atoms with Crippen LogP contribution in [0.2, 0.25) is 0 Å². The molecule has 2 aromatic rings. The van der Waals surface area contributed by atoms with Gasteiger partial charge in [0.1, 0.15) is 0 Å². The number of anilines is 1. The second kappa shape index (κ2) is 7.66. The number of amides is 1. The fourth-order valence-corrected chi connectivity index (χ4v) is 4.95. The molecule has 1 amide bonds. The molecule has 0 aliphatic carbocycles. The maximum atomic E-state index is 12.9. The Hall–Kier alpha value is -1.83. The number of fused-ring (bicyclic) bond motifs is 1. The first-order chi connectivity index (χ1) is 12.7. The van der Waals surface area contributed by atoms with Crippen LogP contribution in [-0.4, -0.2) is 44.5 Å². The number of aryl methyl sites for hydroxylation is 1. The van der Waals surface area contributed by atoms with Gasteiger partial charge in [0.2, 0.25) is 15.9 Å². The van der Waals surface area contributed by atoms with Gasteiger partial charge in [-0.15, -0.1) is 11.8 Å². The van der Waals surface area contributed by atoms with E-state index in [0.717, 1.165) is 16.1 Å². The van der Waals surface area contributed by atoms with E-state index in [4.69, 9.17) is 0 Å². The predicted octanol–water partition coefficient (Wildman–Crippen LogP) is 3.32. The van der Waals surface area contributed by atoms with Crippen LogP contribution in [-0.2, 0) is 21.2 Å². The van der Waals surface area contributed by atoms with Crippen LogP contribution in [0.4, 0.5) is 5.69 Å². The molecule has 5 nitrogen and oxygen atoms in total. The second-order valence-electron chi connectivity index (χ2n) is 6.89. The van der Waals surface area contributed by atoms with Crippen molar-refractivity contribution in [1.29, 1.82) is 0 Å². The molecular formula is C20H24N2O3S2. The molecule has 7 heteroatoms. The molecule has 27 heavy (non-hydrogen) atoms. The van der Waals surface area contributed by atoms with Crippen molar-refractivity contribution in [3.63, 3.8) is 0 Å². The summed E-state index contributed by atoms with van der Waals surface area (Å²) in [6.45, 7) is 4.53. The van der Waals surface area contributed by atoms with Crippen LogP contribution in [0.5, 0.6) is 0 Å². The molecule has 1 aliphatic rings. The number of benzene rings is 2. The Balaban J connectivity index is 1.78. The normalized spacial score (nSPS) is 15.1. The lowest BCUT2D eigenvalue weighted by atomic mass is 10.2. The first-order valence-electron chi connectivity index (χ1n) is 8.80. The van der Waals surface area contributed by atoms with E-state index in [1.807, 2.05) is 38.1 Å². The summed E-state index contributed by atoms with van der Waals surface area (Å²) in [5, 5.41) is -0.219. The maximum absolute atomic E-state index is 12.9. The third kappa shape index (κ3) is 4.05. The highest BCUT2D eigenvalue weighted by Gasteiger charge is 2.30. The van der Waals surface area contributed by atoms with Crippen molar-refractivity contribution in [2.75, 3.05) is 25.5 Å². The Morgan fingerprint density at radius 3 is 2.44 bits per heavy atom. The van der Waals surface area contributed by atoms with Crippen molar-refractivity contribution in [3.05, 3.63) is 53.6 Å². The summed E-state index contributed by atoms with van der Waals surface area (Å²) in [6, 6.07) is 13.2. The van der Waals surface area contributed by atoms with Gasteiger partial charge in [0, 0.05) is 31.2 Å². The van der Waals surface area contributed by atoms with E-state index < -0.39 is 10.0 Å². The molecule has 1 heterocycles. The van der Waals surface area contributed by atoms with Gasteiger partial charge in [0.15, 0.2) is 0 Å². The van der Waals surface area contributed by atoms with Crippen molar-refractivity contribution in [3.8, 4) is 0 Å². The van der Waals surface area contributed by atoms with Crippen LogP contribution in [0, 0.1) is 6.92 Å². The lowest BCUT2D eigenvalue weighted by Crippen LogP contribution is -2.35. The average molecular weight is 405 g/mol. The topological polar surface area (TPSA) is 57.7 Å². The molecule has 0 saturated carbocycles. The minimum absolute atomic E-state index is 0.0440. The molecule has 1 atom stereocenters. The quantitative estimate of drug-likeness (QED) is 0.718. The van der Waals surface area contributed by atoms with Gasteiger partial charge in [-0.25, -0.2) is 12.7 Å². The summed E-state index contributed by atoms with van der Waals surface area (Å²) >= 11 is 1.54. The van der Waals surface area contributed by atoms with E-state index in [1.54, 1.807) is 23.1 Å². The molecule has 2 aromatic carbocycles. The van der Waals surface area contributed by atoms with Crippen molar-refractivity contribution >= 4 is 33.4 Å².